The molecule has 3 rings (SSSR count). The first kappa shape index (κ1) is 16.0. The molecule has 2 aromatic rings. The van der Waals surface area contributed by atoms with Gasteiger partial charge in [0.25, 0.3) is 0 Å². The molecule has 0 aliphatic carbocycles. The van der Waals surface area contributed by atoms with Crippen LogP contribution in [0.3, 0.4) is 0 Å². The minimum Gasteiger partial charge on any atom is -0.486 e. The number of carbonyl (C=O) groups is 1. The summed E-state index contributed by atoms with van der Waals surface area (Å²) in [4.78, 5) is 11.9. The molecule has 1 aliphatic heterocycles. The number of hydrogen-bond donors (Lipinski definition) is 2. The van der Waals surface area contributed by atoms with Gasteiger partial charge in [-0.1, -0.05) is 0 Å². The zero-order chi connectivity index (χ0) is 17.3. The topological polar surface area (TPSA) is 72.7 Å². The van der Waals surface area contributed by atoms with Crippen molar-refractivity contribution in [1.29, 1.82) is 0 Å². The van der Waals surface area contributed by atoms with Crippen LogP contribution >= 0.6 is 0 Å². The lowest BCUT2D eigenvalue weighted by atomic mass is 10.2. The summed E-state index contributed by atoms with van der Waals surface area (Å²) in [5, 5.41) is 4.56. The lowest BCUT2D eigenvalue weighted by Crippen LogP contribution is -2.21. The highest BCUT2D eigenvalue weighted by Crippen LogP contribution is 2.37. The number of anilines is 2. The highest BCUT2D eigenvalue weighted by molar-refractivity contribution is 6.00. The summed E-state index contributed by atoms with van der Waals surface area (Å²) in [6.07, 6.45) is -4.70. The average Bonchev–Trinajstić information content (AvgIpc) is 2.87. The quantitative estimate of drug-likeness (QED) is 0.864. The van der Waals surface area contributed by atoms with Crippen LogP contribution in [0.1, 0.15) is 11.5 Å². The lowest BCUT2D eigenvalue weighted by molar-refractivity contribution is -0.152. The number of urea groups is 1. The second kappa shape index (κ2) is 5.99. The maximum atomic E-state index is 12.8. The van der Waals surface area contributed by atoms with Gasteiger partial charge in [-0.05, 0) is 19.1 Å². The molecule has 0 unspecified atom stereocenters. The number of rotatable bonds is 2. The molecular weight excluding hydrogens is 329 g/mol. The Labute approximate surface area is 134 Å². The number of ether oxygens (including phenoxy) is 2. The molecule has 0 saturated carbocycles. The van der Waals surface area contributed by atoms with Crippen LogP contribution < -0.4 is 20.1 Å². The number of fused-ring (bicyclic) bond motifs is 1. The zero-order valence-electron chi connectivity index (χ0n) is 12.5. The Bertz CT molecular complexity index is 771. The summed E-state index contributed by atoms with van der Waals surface area (Å²) >= 11 is 0. The zero-order valence-corrected chi connectivity index (χ0v) is 12.5. The van der Waals surface area contributed by atoms with Gasteiger partial charge in [0.2, 0.25) is 5.76 Å². The smallest absolute Gasteiger partial charge is 0.451 e. The number of benzene rings is 1. The maximum absolute atomic E-state index is 12.8. The van der Waals surface area contributed by atoms with Crippen LogP contribution in [-0.2, 0) is 6.18 Å². The van der Waals surface area contributed by atoms with E-state index >= 15 is 0 Å². The Morgan fingerprint density at radius 1 is 1.08 bits per heavy atom. The molecule has 0 fully saturated rings. The monoisotopic (exact) mass is 342 g/mol. The van der Waals surface area contributed by atoms with Crippen molar-refractivity contribution in [3.63, 3.8) is 0 Å². The van der Waals surface area contributed by atoms with Crippen molar-refractivity contribution in [1.82, 2.24) is 0 Å². The summed E-state index contributed by atoms with van der Waals surface area (Å²) in [5.74, 6) is -0.222. The number of furan rings is 1. The van der Waals surface area contributed by atoms with Crippen LogP contribution in [0.2, 0.25) is 0 Å². The second-order valence-electron chi connectivity index (χ2n) is 5.04. The molecule has 0 bridgehead atoms. The standard InChI is InChI=1S/C15H13F3N2O4/c1-8-6-10(13(24-8)15(16,17)18)20-14(21)19-9-2-3-11-12(7-9)23-5-4-22-11/h2-3,6-7H,4-5H2,1H3,(H2,19,20,21). The summed E-state index contributed by atoms with van der Waals surface area (Å²) < 4.78 is 53.8. The predicted octanol–water partition coefficient (Wildman–Crippen LogP) is 4.02. The lowest BCUT2D eigenvalue weighted by Gasteiger charge is -2.19. The van der Waals surface area contributed by atoms with Gasteiger partial charge in [0.05, 0.1) is 5.69 Å². The molecule has 24 heavy (non-hydrogen) atoms. The summed E-state index contributed by atoms with van der Waals surface area (Å²) in [5.41, 5.74) is -0.0967. The molecular formula is C15H13F3N2O4. The maximum Gasteiger partial charge on any atom is 0.451 e. The molecule has 2 amide bonds. The average molecular weight is 342 g/mol. The molecule has 6 nitrogen and oxygen atoms in total. The summed E-state index contributed by atoms with van der Waals surface area (Å²) in [6, 6.07) is 4.95. The second-order valence-corrected chi connectivity index (χ2v) is 5.04. The van der Waals surface area contributed by atoms with Crippen molar-refractivity contribution in [3.8, 4) is 11.5 Å². The third-order valence-corrected chi connectivity index (χ3v) is 3.16. The molecule has 1 aromatic carbocycles. The van der Waals surface area contributed by atoms with Gasteiger partial charge in [-0.2, -0.15) is 13.2 Å². The molecule has 0 spiro atoms. The van der Waals surface area contributed by atoms with E-state index in [9.17, 15) is 18.0 Å². The van der Waals surface area contributed by atoms with Crippen LogP contribution in [0.15, 0.2) is 28.7 Å². The summed E-state index contributed by atoms with van der Waals surface area (Å²) in [6.45, 7) is 2.17. The number of amides is 2. The Hall–Kier alpha value is -2.84. The van der Waals surface area contributed by atoms with Crippen molar-refractivity contribution in [3.05, 3.63) is 35.8 Å². The number of carbonyl (C=O) groups excluding carboxylic acids is 1. The molecule has 9 heteroatoms. The molecule has 1 aromatic heterocycles. The molecule has 1 aliphatic rings. The minimum atomic E-state index is -4.70. The van der Waals surface area contributed by atoms with E-state index in [1.165, 1.54) is 13.0 Å². The first-order chi connectivity index (χ1) is 11.3. The van der Waals surface area contributed by atoms with Gasteiger partial charge in [0, 0.05) is 17.8 Å². The summed E-state index contributed by atoms with van der Waals surface area (Å²) in [7, 11) is 0. The minimum absolute atomic E-state index is 0.0388. The van der Waals surface area contributed by atoms with E-state index in [2.05, 4.69) is 15.1 Å². The van der Waals surface area contributed by atoms with Crippen LogP contribution in [0.5, 0.6) is 11.5 Å². The normalized spacial score (nSPS) is 13.5. The predicted molar refractivity (Wildman–Crippen MR) is 78.5 cm³/mol. The molecule has 2 heterocycles. The van der Waals surface area contributed by atoms with Crippen molar-refractivity contribution in [2.24, 2.45) is 0 Å². The van der Waals surface area contributed by atoms with Gasteiger partial charge in [-0.3, -0.25) is 0 Å². The van der Waals surface area contributed by atoms with Crippen molar-refractivity contribution in [2.45, 2.75) is 13.1 Å². The molecule has 0 radical (unpaired) electrons. The number of halogens is 3. The van der Waals surface area contributed by atoms with Gasteiger partial charge >= 0.3 is 12.2 Å². The van der Waals surface area contributed by atoms with Crippen LogP contribution in [-0.4, -0.2) is 19.2 Å². The van der Waals surface area contributed by atoms with Crippen LogP contribution in [0.25, 0.3) is 0 Å². The number of hydrogen-bond acceptors (Lipinski definition) is 4. The highest BCUT2D eigenvalue weighted by Gasteiger charge is 2.38. The fourth-order valence-electron chi connectivity index (χ4n) is 2.22. The van der Waals surface area contributed by atoms with Crippen molar-refractivity contribution in [2.75, 3.05) is 23.8 Å². The van der Waals surface area contributed by atoms with E-state index in [-0.39, 0.29) is 5.76 Å². The van der Waals surface area contributed by atoms with Gasteiger partial charge in [0.1, 0.15) is 19.0 Å². The fourth-order valence-corrected chi connectivity index (χ4v) is 2.22. The highest BCUT2D eigenvalue weighted by atomic mass is 19.4. The first-order valence-corrected chi connectivity index (χ1v) is 6.98. The van der Waals surface area contributed by atoms with Gasteiger partial charge in [-0.25, -0.2) is 4.79 Å². The van der Waals surface area contributed by atoms with E-state index in [0.29, 0.717) is 30.4 Å². The molecule has 2 N–H and O–H groups in total. The third kappa shape index (κ3) is 3.39. The van der Waals surface area contributed by atoms with Crippen molar-refractivity contribution < 1.29 is 31.9 Å². The van der Waals surface area contributed by atoms with E-state index < -0.39 is 23.7 Å². The Kier molecular flexibility index (Phi) is 4.00. The van der Waals surface area contributed by atoms with Gasteiger partial charge in [0.15, 0.2) is 11.5 Å². The molecule has 0 saturated heterocycles. The van der Waals surface area contributed by atoms with Crippen LogP contribution in [0.4, 0.5) is 29.3 Å². The first-order valence-electron chi connectivity index (χ1n) is 6.98. The van der Waals surface area contributed by atoms with Gasteiger partial charge in [-0.15, -0.1) is 0 Å². The number of aryl methyl sites for hydroxylation is 1. The van der Waals surface area contributed by atoms with Crippen LogP contribution in [0, 0.1) is 6.92 Å². The number of nitrogens with one attached hydrogen (secondary N) is 2. The number of alkyl halides is 3. The Morgan fingerprint density at radius 2 is 1.79 bits per heavy atom. The Morgan fingerprint density at radius 3 is 2.50 bits per heavy atom. The van der Waals surface area contributed by atoms with Gasteiger partial charge < -0.3 is 24.5 Å². The van der Waals surface area contributed by atoms with E-state index in [0.717, 1.165) is 6.07 Å². The third-order valence-electron chi connectivity index (χ3n) is 3.16. The van der Waals surface area contributed by atoms with E-state index in [1.54, 1.807) is 12.1 Å². The van der Waals surface area contributed by atoms with E-state index in [4.69, 9.17) is 9.47 Å². The fraction of sp³-hybridized carbons (Fsp3) is 0.267. The molecule has 0 atom stereocenters. The largest absolute Gasteiger partial charge is 0.486 e. The SMILES string of the molecule is Cc1cc(NC(=O)Nc2ccc3c(c2)OCCO3)c(C(F)(F)F)o1. The Balaban J connectivity index is 1.72. The van der Waals surface area contributed by atoms with E-state index in [1.807, 2.05) is 0 Å². The van der Waals surface area contributed by atoms with Crippen molar-refractivity contribution >= 4 is 17.4 Å². The molecule has 128 valence electrons.